The van der Waals surface area contributed by atoms with Crippen LogP contribution in [-0.4, -0.2) is 24.3 Å². The highest BCUT2D eigenvalue weighted by atomic mass is 31.2. The van der Waals surface area contributed by atoms with E-state index in [0.29, 0.717) is 0 Å². The van der Waals surface area contributed by atoms with E-state index in [2.05, 4.69) is 4.89 Å². The lowest BCUT2D eigenvalue weighted by atomic mass is 10.3. The molecular formula is C16H17O7P. The zero-order valence-corrected chi connectivity index (χ0v) is 13.6. The summed E-state index contributed by atoms with van der Waals surface area (Å²) in [7, 11) is -4.07. The van der Waals surface area contributed by atoms with Crippen molar-refractivity contribution >= 4 is 13.6 Å². The number of carbonyl (C=O) groups is 1. The van der Waals surface area contributed by atoms with Gasteiger partial charge in [0.05, 0.1) is 6.61 Å². The topological polar surface area (TPSA) is 91.3 Å². The Morgan fingerprint density at radius 1 is 0.917 bits per heavy atom. The standard InChI is InChI=1S/C16H17O7P/c17-14(11-12-20-18)13-21-24(19,22-15-7-3-1-4-8-15)23-16-9-5-2-6-10-16/h1-10,18H,11-13H2. The highest BCUT2D eigenvalue weighted by Crippen LogP contribution is 2.49. The summed E-state index contributed by atoms with van der Waals surface area (Å²) < 4.78 is 28.6. The Labute approximate surface area is 139 Å². The zero-order chi connectivity index (χ0) is 17.3. The van der Waals surface area contributed by atoms with Gasteiger partial charge < -0.3 is 9.05 Å². The van der Waals surface area contributed by atoms with Gasteiger partial charge in [-0.25, -0.2) is 9.45 Å². The van der Waals surface area contributed by atoms with E-state index in [1.165, 1.54) is 0 Å². The van der Waals surface area contributed by atoms with Gasteiger partial charge in [-0.3, -0.25) is 14.6 Å². The first kappa shape index (κ1) is 18.2. The molecule has 0 saturated carbocycles. The fourth-order valence-corrected chi connectivity index (χ4v) is 2.88. The van der Waals surface area contributed by atoms with E-state index in [4.69, 9.17) is 18.8 Å². The summed E-state index contributed by atoms with van der Waals surface area (Å²) in [5.74, 6) is 0.142. The molecule has 1 N–H and O–H groups in total. The van der Waals surface area contributed by atoms with E-state index in [1.54, 1.807) is 60.7 Å². The van der Waals surface area contributed by atoms with Gasteiger partial charge in [0.25, 0.3) is 0 Å². The molecule has 0 unspecified atom stereocenters. The Morgan fingerprint density at radius 2 is 1.42 bits per heavy atom. The molecule has 0 aliphatic rings. The number of benzene rings is 2. The van der Waals surface area contributed by atoms with Crippen molar-refractivity contribution in [3.63, 3.8) is 0 Å². The molecular weight excluding hydrogens is 335 g/mol. The lowest BCUT2D eigenvalue weighted by molar-refractivity contribution is -0.242. The van der Waals surface area contributed by atoms with E-state index >= 15 is 0 Å². The number of rotatable bonds is 10. The second-order valence-corrected chi connectivity index (χ2v) is 6.17. The highest BCUT2D eigenvalue weighted by Gasteiger charge is 2.31. The van der Waals surface area contributed by atoms with Gasteiger partial charge in [0.1, 0.15) is 18.1 Å². The van der Waals surface area contributed by atoms with E-state index in [-0.39, 0.29) is 24.5 Å². The third kappa shape index (κ3) is 6.14. The molecule has 0 spiro atoms. The smallest absolute Gasteiger partial charge is 0.395 e. The quantitative estimate of drug-likeness (QED) is 0.396. The van der Waals surface area contributed by atoms with Gasteiger partial charge in [0.15, 0.2) is 5.78 Å². The maximum absolute atomic E-state index is 12.8. The average molecular weight is 352 g/mol. The summed E-state index contributed by atoms with van der Waals surface area (Å²) in [4.78, 5) is 15.4. The average Bonchev–Trinajstić information content (AvgIpc) is 2.60. The van der Waals surface area contributed by atoms with Crippen molar-refractivity contribution in [1.29, 1.82) is 0 Å². The molecule has 0 saturated heterocycles. The molecule has 0 fully saturated rings. The Hall–Kier alpha value is -2.18. The van der Waals surface area contributed by atoms with Crippen LogP contribution in [0, 0.1) is 0 Å². The van der Waals surface area contributed by atoms with Crippen molar-refractivity contribution in [2.24, 2.45) is 0 Å². The lowest BCUT2D eigenvalue weighted by Crippen LogP contribution is -2.13. The maximum Gasteiger partial charge on any atom is 0.587 e. The van der Waals surface area contributed by atoms with Gasteiger partial charge >= 0.3 is 7.82 Å². The maximum atomic E-state index is 12.8. The third-order valence-corrected chi connectivity index (χ3v) is 4.09. The van der Waals surface area contributed by atoms with Crippen molar-refractivity contribution in [2.45, 2.75) is 6.42 Å². The van der Waals surface area contributed by atoms with Crippen molar-refractivity contribution in [2.75, 3.05) is 13.2 Å². The van der Waals surface area contributed by atoms with Crippen LogP contribution in [0.1, 0.15) is 6.42 Å². The van der Waals surface area contributed by atoms with Gasteiger partial charge in [-0.1, -0.05) is 36.4 Å². The number of para-hydroxylation sites is 2. The third-order valence-electron chi connectivity index (χ3n) is 2.78. The monoisotopic (exact) mass is 352 g/mol. The van der Waals surface area contributed by atoms with Crippen LogP contribution in [0.15, 0.2) is 60.7 Å². The minimum absolute atomic E-state index is 0.0901. The molecule has 0 aromatic heterocycles. The minimum atomic E-state index is -4.07. The molecule has 0 atom stereocenters. The van der Waals surface area contributed by atoms with Crippen LogP contribution in [-0.2, 0) is 18.8 Å². The molecule has 0 aliphatic carbocycles. The summed E-state index contributed by atoms with van der Waals surface area (Å²) in [6.07, 6.45) is -0.0901. The molecule has 7 nitrogen and oxygen atoms in total. The fourth-order valence-electron chi connectivity index (χ4n) is 1.67. The first-order valence-corrected chi connectivity index (χ1v) is 8.59. The molecule has 0 heterocycles. The molecule has 0 bridgehead atoms. The molecule has 128 valence electrons. The van der Waals surface area contributed by atoms with Crippen molar-refractivity contribution in [3.05, 3.63) is 60.7 Å². The fraction of sp³-hybridized carbons (Fsp3) is 0.188. The summed E-state index contributed by atoms with van der Waals surface area (Å²) in [5.41, 5.74) is 0. The Morgan fingerprint density at radius 3 is 1.88 bits per heavy atom. The number of phosphoric ester groups is 1. The Balaban J connectivity index is 2.08. The summed E-state index contributed by atoms with van der Waals surface area (Å²) in [5, 5.41) is 8.24. The first-order valence-electron chi connectivity index (χ1n) is 7.13. The molecule has 0 radical (unpaired) electrons. The normalized spacial score (nSPS) is 11.0. The van der Waals surface area contributed by atoms with Gasteiger partial charge in [0.2, 0.25) is 0 Å². The van der Waals surface area contributed by atoms with Crippen LogP contribution in [0.25, 0.3) is 0 Å². The second-order valence-electron chi connectivity index (χ2n) is 4.65. The molecule has 2 aromatic carbocycles. The number of ketones is 1. The van der Waals surface area contributed by atoms with Gasteiger partial charge in [0, 0.05) is 6.42 Å². The highest BCUT2D eigenvalue weighted by molar-refractivity contribution is 7.49. The Bertz CT molecular complexity index is 630. The zero-order valence-electron chi connectivity index (χ0n) is 12.7. The van der Waals surface area contributed by atoms with Crippen LogP contribution < -0.4 is 9.05 Å². The number of hydrogen-bond donors (Lipinski definition) is 1. The predicted octanol–water partition coefficient (Wildman–Crippen LogP) is 3.72. The van der Waals surface area contributed by atoms with Crippen LogP contribution >= 0.6 is 7.82 Å². The summed E-state index contributed by atoms with van der Waals surface area (Å²) in [6, 6.07) is 16.7. The van der Waals surface area contributed by atoms with Crippen LogP contribution in [0.3, 0.4) is 0 Å². The van der Waals surface area contributed by atoms with Crippen LogP contribution in [0.4, 0.5) is 0 Å². The second kappa shape index (κ2) is 9.20. The van der Waals surface area contributed by atoms with E-state index in [9.17, 15) is 9.36 Å². The van der Waals surface area contributed by atoms with Crippen LogP contribution in [0.2, 0.25) is 0 Å². The molecule has 8 heteroatoms. The Kier molecular flexibility index (Phi) is 6.96. The minimum Gasteiger partial charge on any atom is -0.395 e. The molecule has 2 aromatic rings. The number of carbonyl (C=O) groups excluding carboxylic acids is 1. The van der Waals surface area contributed by atoms with E-state index in [1.807, 2.05) is 0 Å². The van der Waals surface area contributed by atoms with Crippen LogP contribution in [0.5, 0.6) is 11.5 Å². The largest absolute Gasteiger partial charge is 0.587 e. The first-order chi connectivity index (χ1) is 11.6. The van der Waals surface area contributed by atoms with Gasteiger partial charge in [-0.05, 0) is 24.3 Å². The molecule has 2 rings (SSSR count). The molecule has 24 heavy (non-hydrogen) atoms. The van der Waals surface area contributed by atoms with E-state index < -0.39 is 20.2 Å². The summed E-state index contributed by atoms with van der Waals surface area (Å²) in [6.45, 7) is -0.675. The molecule has 0 amide bonds. The number of phosphoric acid groups is 1. The van der Waals surface area contributed by atoms with Gasteiger partial charge in [-0.15, -0.1) is 0 Å². The molecule has 0 aliphatic heterocycles. The van der Waals surface area contributed by atoms with Crippen molar-refractivity contribution in [1.82, 2.24) is 0 Å². The SMILES string of the molecule is O=C(CCOO)COP(=O)(Oc1ccccc1)Oc1ccccc1. The number of Topliss-reactive ketones (excluding diaryl/α,β-unsaturated/α-hetero) is 1. The van der Waals surface area contributed by atoms with Crippen molar-refractivity contribution in [3.8, 4) is 11.5 Å². The van der Waals surface area contributed by atoms with E-state index in [0.717, 1.165) is 0 Å². The lowest BCUT2D eigenvalue weighted by Gasteiger charge is -2.18. The van der Waals surface area contributed by atoms with Crippen molar-refractivity contribution < 1.29 is 33.1 Å². The van der Waals surface area contributed by atoms with Gasteiger partial charge in [-0.2, -0.15) is 0 Å². The number of hydrogen-bond acceptors (Lipinski definition) is 7. The summed E-state index contributed by atoms with van der Waals surface area (Å²) >= 11 is 0. The predicted molar refractivity (Wildman–Crippen MR) is 85.9 cm³/mol.